The van der Waals surface area contributed by atoms with Crippen molar-refractivity contribution in [2.24, 2.45) is 5.92 Å². The molecule has 0 aliphatic rings. The Bertz CT molecular complexity index is 71.1. The van der Waals surface area contributed by atoms with Gasteiger partial charge in [-0.25, -0.2) is 0 Å². The van der Waals surface area contributed by atoms with Gasteiger partial charge in [0.1, 0.15) is 0 Å². The van der Waals surface area contributed by atoms with Crippen molar-refractivity contribution >= 4 is 0 Å². The minimum absolute atomic E-state index is 0.795. The minimum atomic E-state index is 0.795. The lowest BCUT2D eigenvalue weighted by Crippen LogP contribution is -1.97. The summed E-state index contributed by atoms with van der Waals surface area (Å²) in [6, 6.07) is 0. The fourth-order valence-electron chi connectivity index (χ4n) is 1.21. The number of unbranched alkanes of at least 4 members (excludes halogenated alkanes) is 2. The maximum Gasteiger partial charge on any atom is 0.0839 e. The van der Waals surface area contributed by atoms with Crippen LogP contribution in [0, 0.1) is 12.5 Å². The lowest BCUT2D eigenvalue weighted by molar-refractivity contribution is 0.195. The van der Waals surface area contributed by atoms with E-state index >= 15 is 0 Å². The third-order valence-electron chi connectivity index (χ3n) is 2.08. The zero-order chi connectivity index (χ0) is 9.23. The molecule has 0 spiro atoms. The van der Waals surface area contributed by atoms with Gasteiger partial charge < -0.3 is 4.74 Å². The molecule has 1 unspecified atom stereocenters. The minimum Gasteiger partial charge on any atom is -0.376 e. The summed E-state index contributed by atoms with van der Waals surface area (Å²) in [6.07, 6.45) is 6.52. The van der Waals surface area contributed by atoms with Gasteiger partial charge >= 0.3 is 0 Å². The predicted octanol–water partition coefficient (Wildman–Crippen LogP) is 3.79. The van der Waals surface area contributed by atoms with E-state index in [-0.39, 0.29) is 0 Å². The van der Waals surface area contributed by atoms with Crippen molar-refractivity contribution < 1.29 is 4.74 Å². The molecule has 0 amide bonds. The van der Waals surface area contributed by atoms with E-state index in [1.165, 1.54) is 25.7 Å². The topological polar surface area (TPSA) is 9.23 Å². The van der Waals surface area contributed by atoms with Crippen LogP contribution in [0.2, 0.25) is 0 Å². The Hall–Kier alpha value is -0.0400. The van der Waals surface area contributed by atoms with Crippen LogP contribution in [0.5, 0.6) is 0 Å². The zero-order valence-corrected chi connectivity index (χ0v) is 8.81. The third kappa shape index (κ3) is 8.06. The van der Waals surface area contributed by atoms with Crippen LogP contribution in [0.3, 0.4) is 0 Å². The Balaban J connectivity index is 3.04. The lowest BCUT2D eigenvalue weighted by Gasteiger charge is -2.09. The second-order valence-corrected chi connectivity index (χ2v) is 3.46. The standard InChI is InChI=1S/C11H23O/c1-4-6-7-8-11(3)9-10-12-5-2/h10-11H,4-9H2,1-3H3. The van der Waals surface area contributed by atoms with Gasteiger partial charge in [-0.1, -0.05) is 39.5 Å². The summed E-state index contributed by atoms with van der Waals surface area (Å²) in [5.41, 5.74) is 0. The van der Waals surface area contributed by atoms with Crippen molar-refractivity contribution in [2.45, 2.75) is 52.9 Å². The van der Waals surface area contributed by atoms with Gasteiger partial charge in [-0.05, 0) is 19.3 Å². The average molecular weight is 171 g/mol. The molecule has 0 saturated heterocycles. The fraction of sp³-hybridized carbons (Fsp3) is 0.909. The first-order valence-electron chi connectivity index (χ1n) is 5.24. The van der Waals surface area contributed by atoms with Crippen LogP contribution >= 0.6 is 0 Å². The molecule has 0 fully saturated rings. The highest BCUT2D eigenvalue weighted by molar-refractivity contribution is 4.59. The van der Waals surface area contributed by atoms with Gasteiger partial charge in [0.15, 0.2) is 0 Å². The number of hydrogen-bond acceptors (Lipinski definition) is 1. The molecule has 12 heavy (non-hydrogen) atoms. The Labute approximate surface area is 77.5 Å². The van der Waals surface area contributed by atoms with E-state index in [0.717, 1.165) is 18.9 Å². The summed E-state index contributed by atoms with van der Waals surface area (Å²) in [7, 11) is 0. The summed E-state index contributed by atoms with van der Waals surface area (Å²) < 4.78 is 5.19. The first-order valence-corrected chi connectivity index (χ1v) is 5.24. The van der Waals surface area contributed by atoms with Crippen LogP contribution in [0.25, 0.3) is 0 Å². The van der Waals surface area contributed by atoms with Gasteiger partial charge in [-0.3, -0.25) is 0 Å². The molecular formula is C11H23O. The van der Waals surface area contributed by atoms with Gasteiger partial charge in [0.05, 0.1) is 6.61 Å². The molecule has 1 nitrogen and oxygen atoms in total. The van der Waals surface area contributed by atoms with Crippen molar-refractivity contribution in [1.82, 2.24) is 0 Å². The SMILES string of the molecule is CCCCCC(C)C[CH]OCC. The predicted molar refractivity (Wildman–Crippen MR) is 53.8 cm³/mol. The van der Waals surface area contributed by atoms with E-state index in [2.05, 4.69) is 13.8 Å². The molecule has 0 N–H and O–H groups in total. The molecule has 0 aromatic rings. The van der Waals surface area contributed by atoms with Crippen LogP contribution in [0.4, 0.5) is 0 Å². The second-order valence-electron chi connectivity index (χ2n) is 3.46. The van der Waals surface area contributed by atoms with Crippen LogP contribution in [-0.2, 0) is 4.74 Å². The van der Waals surface area contributed by atoms with Gasteiger partial charge in [-0.2, -0.15) is 0 Å². The van der Waals surface area contributed by atoms with E-state index in [0.29, 0.717) is 0 Å². The zero-order valence-electron chi connectivity index (χ0n) is 8.81. The Morgan fingerprint density at radius 2 is 2.00 bits per heavy atom. The summed E-state index contributed by atoms with van der Waals surface area (Å²) in [5, 5.41) is 0. The molecular weight excluding hydrogens is 148 g/mol. The van der Waals surface area contributed by atoms with Crippen LogP contribution in [0.15, 0.2) is 0 Å². The highest BCUT2D eigenvalue weighted by Gasteiger charge is 2.01. The highest BCUT2D eigenvalue weighted by Crippen LogP contribution is 2.14. The number of ether oxygens (including phenoxy) is 1. The normalized spacial score (nSPS) is 13.2. The number of rotatable bonds is 8. The summed E-state index contributed by atoms with van der Waals surface area (Å²) >= 11 is 0. The maximum absolute atomic E-state index is 5.19. The summed E-state index contributed by atoms with van der Waals surface area (Å²) in [6.45, 7) is 9.33. The second kappa shape index (κ2) is 9.05. The molecule has 0 heterocycles. The van der Waals surface area contributed by atoms with E-state index in [4.69, 9.17) is 4.74 Å². The summed E-state index contributed by atoms with van der Waals surface area (Å²) in [4.78, 5) is 0. The van der Waals surface area contributed by atoms with Crippen LogP contribution in [0.1, 0.15) is 52.9 Å². The molecule has 0 aromatic heterocycles. The van der Waals surface area contributed by atoms with Gasteiger partial charge in [0.2, 0.25) is 0 Å². The van der Waals surface area contributed by atoms with Gasteiger partial charge in [0, 0.05) is 6.61 Å². The van der Waals surface area contributed by atoms with E-state index < -0.39 is 0 Å². The highest BCUT2D eigenvalue weighted by atomic mass is 16.5. The van der Waals surface area contributed by atoms with Crippen molar-refractivity contribution in [1.29, 1.82) is 0 Å². The van der Waals surface area contributed by atoms with Gasteiger partial charge in [0.25, 0.3) is 0 Å². The smallest absolute Gasteiger partial charge is 0.0839 e. The van der Waals surface area contributed by atoms with Crippen molar-refractivity contribution in [3.8, 4) is 0 Å². The van der Waals surface area contributed by atoms with E-state index in [9.17, 15) is 0 Å². The molecule has 0 aliphatic carbocycles. The monoisotopic (exact) mass is 171 g/mol. The summed E-state index contributed by atoms with van der Waals surface area (Å²) in [5.74, 6) is 0.795. The Morgan fingerprint density at radius 1 is 1.25 bits per heavy atom. The Kier molecular flexibility index (Phi) is 9.02. The van der Waals surface area contributed by atoms with Gasteiger partial charge in [-0.15, -0.1) is 0 Å². The first kappa shape index (κ1) is 12.0. The molecule has 1 atom stereocenters. The molecule has 1 heteroatoms. The third-order valence-corrected chi connectivity index (χ3v) is 2.08. The Morgan fingerprint density at radius 3 is 2.58 bits per heavy atom. The first-order chi connectivity index (χ1) is 5.81. The molecule has 73 valence electrons. The lowest BCUT2D eigenvalue weighted by atomic mass is 10.0. The van der Waals surface area contributed by atoms with Crippen LogP contribution < -0.4 is 0 Å². The van der Waals surface area contributed by atoms with E-state index in [1.54, 1.807) is 0 Å². The van der Waals surface area contributed by atoms with Crippen molar-refractivity contribution in [3.63, 3.8) is 0 Å². The van der Waals surface area contributed by atoms with Crippen LogP contribution in [-0.4, -0.2) is 6.61 Å². The molecule has 0 aliphatic heterocycles. The van der Waals surface area contributed by atoms with Crippen molar-refractivity contribution in [2.75, 3.05) is 6.61 Å². The molecule has 0 saturated carbocycles. The van der Waals surface area contributed by atoms with Crippen molar-refractivity contribution in [3.05, 3.63) is 6.61 Å². The molecule has 0 rings (SSSR count). The fourth-order valence-corrected chi connectivity index (χ4v) is 1.21. The molecule has 0 aromatic carbocycles. The number of hydrogen-bond donors (Lipinski definition) is 0. The molecule has 0 bridgehead atoms. The quantitative estimate of drug-likeness (QED) is 0.505. The average Bonchev–Trinajstić information content (AvgIpc) is 2.06. The molecule has 1 radical (unpaired) electrons. The maximum atomic E-state index is 5.19. The van der Waals surface area contributed by atoms with E-state index in [1.807, 2.05) is 13.5 Å². The largest absolute Gasteiger partial charge is 0.376 e.